The molecule has 180 valence electrons. The molecule has 0 saturated carbocycles. The predicted octanol–water partition coefficient (Wildman–Crippen LogP) is 4.26. The molecule has 6 heteroatoms. The first kappa shape index (κ1) is 26.5. The molecular formula is C26H41NO5. The number of aliphatic hydroxyl groups is 1. The van der Waals surface area contributed by atoms with Crippen LogP contribution >= 0.6 is 0 Å². The average molecular weight is 448 g/mol. The molecule has 2 aliphatic heterocycles. The Kier molecular flexibility index (Phi) is 11.3. The van der Waals surface area contributed by atoms with Gasteiger partial charge in [-0.25, -0.2) is 0 Å². The fraction of sp³-hybridized carbons (Fsp3) is 0.731. The van der Waals surface area contributed by atoms with E-state index in [0.717, 1.165) is 31.3 Å². The molecule has 0 aliphatic carbocycles. The molecule has 2 amide bonds. The van der Waals surface area contributed by atoms with Crippen LogP contribution in [0, 0.1) is 17.8 Å². The van der Waals surface area contributed by atoms with Crippen LogP contribution in [0.3, 0.4) is 0 Å². The van der Waals surface area contributed by atoms with Gasteiger partial charge in [-0.1, -0.05) is 38.5 Å². The summed E-state index contributed by atoms with van der Waals surface area (Å²) in [7, 11) is 0. The van der Waals surface area contributed by atoms with Gasteiger partial charge in [0.1, 0.15) is 5.78 Å². The summed E-state index contributed by atoms with van der Waals surface area (Å²) in [6, 6.07) is 0. The van der Waals surface area contributed by atoms with E-state index in [1.165, 1.54) is 0 Å². The number of carbonyl (C=O) groups is 3. The van der Waals surface area contributed by atoms with Crippen molar-refractivity contribution in [1.82, 2.24) is 5.32 Å². The molecule has 1 saturated heterocycles. The van der Waals surface area contributed by atoms with E-state index in [9.17, 15) is 19.5 Å². The summed E-state index contributed by atoms with van der Waals surface area (Å²) in [5, 5.41) is 12.9. The van der Waals surface area contributed by atoms with Gasteiger partial charge >= 0.3 is 0 Å². The molecule has 2 aliphatic rings. The zero-order valence-corrected chi connectivity index (χ0v) is 20.0. The van der Waals surface area contributed by atoms with Crippen LogP contribution < -0.4 is 5.32 Å². The van der Waals surface area contributed by atoms with Crippen LogP contribution in [0.1, 0.15) is 85.0 Å². The highest BCUT2D eigenvalue weighted by molar-refractivity contribution is 5.97. The number of carbonyl (C=O) groups excluding carboxylic acids is 3. The van der Waals surface area contributed by atoms with Crippen molar-refractivity contribution in [2.45, 2.75) is 97.2 Å². The molecule has 2 heterocycles. The Morgan fingerprint density at radius 1 is 1.22 bits per heavy atom. The van der Waals surface area contributed by atoms with E-state index >= 15 is 0 Å². The molecule has 0 spiro atoms. The lowest BCUT2D eigenvalue weighted by molar-refractivity contribution is -0.134. The van der Waals surface area contributed by atoms with Crippen LogP contribution in [0.2, 0.25) is 0 Å². The van der Waals surface area contributed by atoms with Gasteiger partial charge in [0, 0.05) is 37.7 Å². The van der Waals surface area contributed by atoms with Gasteiger partial charge in [-0.3, -0.25) is 19.7 Å². The van der Waals surface area contributed by atoms with Crippen LogP contribution in [0.25, 0.3) is 0 Å². The van der Waals surface area contributed by atoms with Gasteiger partial charge < -0.3 is 9.84 Å². The van der Waals surface area contributed by atoms with Crippen LogP contribution in [0.5, 0.6) is 0 Å². The van der Waals surface area contributed by atoms with Crippen LogP contribution in [0.15, 0.2) is 23.8 Å². The molecule has 1 fully saturated rings. The molecule has 0 radical (unpaired) electrons. The maximum absolute atomic E-state index is 12.7. The lowest BCUT2D eigenvalue weighted by Crippen LogP contribution is -2.38. The number of allylic oxidation sites excluding steroid dienone is 2. The van der Waals surface area contributed by atoms with Gasteiger partial charge in [-0.15, -0.1) is 0 Å². The Hall–Kier alpha value is -1.79. The maximum Gasteiger partial charge on any atom is 0.226 e. The third-order valence-corrected chi connectivity index (χ3v) is 6.67. The Bertz CT molecular complexity index is 682. The molecule has 0 aromatic heterocycles. The van der Waals surface area contributed by atoms with Crippen molar-refractivity contribution < 1.29 is 24.2 Å². The summed E-state index contributed by atoms with van der Waals surface area (Å²) in [4.78, 5) is 35.7. The SMILES string of the molecule is C/C(=C\[C@H](C)C(=O)CCCC1CC(=O)NC(=O)C1)[C@@H]1OCCCCC/C=C/C[C@@H](O)[C@@H]1C. The number of amides is 2. The maximum atomic E-state index is 12.7. The van der Waals surface area contributed by atoms with Gasteiger partial charge in [0.15, 0.2) is 0 Å². The van der Waals surface area contributed by atoms with Crippen LogP contribution in [-0.2, 0) is 19.1 Å². The second-order valence-electron chi connectivity index (χ2n) is 9.58. The second-order valence-corrected chi connectivity index (χ2v) is 9.58. The quantitative estimate of drug-likeness (QED) is 0.449. The summed E-state index contributed by atoms with van der Waals surface area (Å²) < 4.78 is 6.19. The third kappa shape index (κ3) is 8.99. The topological polar surface area (TPSA) is 92.7 Å². The van der Waals surface area contributed by atoms with Gasteiger partial charge in [-0.2, -0.15) is 0 Å². The average Bonchev–Trinajstić information content (AvgIpc) is 2.72. The van der Waals surface area contributed by atoms with Gasteiger partial charge in [-0.05, 0) is 56.9 Å². The Labute approximate surface area is 192 Å². The van der Waals surface area contributed by atoms with Crippen LogP contribution in [-0.4, -0.2) is 41.5 Å². The van der Waals surface area contributed by atoms with Crippen molar-refractivity contribution in [3.63, 3.8) is 0 Å². The molecule has 6 nitrogen and oxygen atoms in total. The summed E-state index contributed by atoms with van der Waals surface area (Å²) in [5.74, 6) is -0.535. The highest BCUT2D eigenvalue weighted by atomic mass is 16.5. The Morgan fingerprint density at radius 3 is 2.66 bits per heavy atom. The van der Waals surface area contributed by atoms with Gasteiger partial charge in [0.2, 0.25) is 11.8 Å². The van der Waals surface area contributed by atoms with Crippen molar-refractivity contribution in [1.29, 1.82) is 0 Å². The number of Topliss-reactive ketones (excluding diaryl/α,β-unsaturated/α-hetero) is 1. The predicted molar refractivity (Wildman–Crippen MR) is 125 cm³/mol. The number of nitrogens with one attached hydrogen (secondary N) is 1. The van der Waals surface area contributed by atoms with Gasteiger partial charge in [0.25, 0.3) is 0 Å². The van der Waals surface area contributed by atoms with Crippen molar-refractivity contribution in [3.8, 4) is 0 Å². The molecule has 0 aromatic rings. The van der Waals surface area contributed by atoms with Crippen molar-refractivity contribution in [2.24, 2.45) is 17.8 Å². The molecule has 0 unspecified atom stereocenters. The number of hydrogen-bond acceptors (Lipinski definition) is 5. The lowest BCUT2D eigenvalue weighted by Gasteiger charge is -2.29. The molecule has 2 N–H and O–H groups in total. The molecule has 0 bridgehead atoms. The highest BCUT2D eigenvalue weighted by Crippen LogP contribution is 2.25. The Balaban J connectivity index is 1.91. The first-order valence-corrected chi connectivity index (χ1v) is 12.3. The summed E-state index contributed by atoms with van der Waals surface area (Å²) in [5.41, 5.74) is 0.994. The number of ketones is 1. The van der Waals surface area contributed by atoms with Crippen molar-refractivity contribution in [2.75, 3.05) is 6.61 Å². The summed E-state index contributed by atoms with van der Waals surface area (Å²) in [6.07, 6.45) is 13.0. The summed E-state index contributed by atoms with van der Waals surface area (Å²) >= 11 is 0. The Morgan fingerprint density at radius 2 is 1.94 bits per heavy atom. The molecule has 0 aromatic carbocycles. The van der Waals surface area contributed by atoms with E-state index in [-0.39, 0.29) is 41.5 Å². The normalized spacial score (nSPS) is 28.9. The molecule has 32 heavy (non-hydrogen) atoms. The minimum absolute atomic E-state index is 0.0395. The smallest absolute Gasteiger partial charge is 0.226 e. The van der Waals surface area contributed by atoms with E-state index < -0.39 is 6.10 Å². The zero-order chi connectivity index (χ0) is 23.5. The van der Waals surface area contributed by atoms with Crippen molar-refractivity contribution >= 4 is 17.6 Å². The molecule has 4 atom stereocenters. The number of rotatable bonds is 7. The largest absolute Gasteiger partial charge is 0.392 e. The van der Waals surface area contributed by atoms with E-state index in [1.807, 2.05) is 26.8 Å². The number of hydrogen-bond donors (Lipinski definition) is 2. The van der Waals surface area contributed by atoms with Gasteiger partial charge in [0.05, 0.1) is 12.2 Å². The third-order valence-electron chi connectivity index (χ3n) is 6.67. The number of ether oxygens (including phenoxy) is 1. The van der Waals surface area contributed by atoms with E-state index in [4.69, 9.17) is 4.74 Å². The number of imide groups is 1. The monoisotopic (exact) mass is 447 g/mol. The standard InChI is InChI=1S/C26H41NO5/c1-18(22(28)13-10-11-21-16-24(30)27-25(31)17-21)15-19(2)26-20(3)23(29)12-8-6-4-5-7-9-14-32-26/h6,8,15,18,20-21,23,26,29H,4-5,7,9-14,16-17H2,1-3H3,(H,27,30,31)/b8-6+,19-15+/t18-,20-,23+,26-/m0/s1. The van der Waals surface area contributed by atoms with E-state index in [0.29, 0.717) is 45.1 Å². The lowest BCUT2D eigenvalue weighted by atomic mass is 9.87. The summed E-state index contributed by atoms with van der Waals surface area (Å²) in [6.45, 7) is 6.57. The second kappa shape index (κ2) is 13.7. The number of piperidine rings is 1. The minimum Gasteiger partial charge on any atom is -0.392 e. The van der Waals surface area contributed by atoms with E-state index in [2.05, 4.69) is 17.5 Å². The fourth-order valence-corrected chi connectivity index (χ4v) is 4.65. The van der Waals surface area contributed by atoms with Crippen molar-refractivity contribution in [3.05, 3.63) is 23.8 Å². The van der Waals surface area contributed by atoms with E-state index in [1.54, 1.807) is 0 Å². The highest BCUT2D eigenvalue weighted by Gasteiger charge is 2.27. The minimum atomic E-state index is -0.486. The fourth-order valence-electron chi connectivity index (χ4n) is 4.65. The van der Waals surface area contributed by atoms with Crippen LogP contribution in [0.4, 0.5) is 0 Å². The molecule has 2 rings (SSSR count). The number of aliphatic hydroxyl groups excluding tert-OH is 1. The molecular weight excluding hydrogens is 406 g/mol. The first-order chi connectivity index (χ1) is 15.3. The zero-order valence-electron chi connectivity index (χ0n) is 20.0. The first-order valence-electron chi connectivity index (χ1n) is 12.3.